The summed E-state index contributed by atoms with van der Waals surface area (Å²) < 4.78 is 11.1. The van der Waals surface area contributed by atoms with Gasteiger partial charge in [0.1, 0.15) is 59.1 Å². The number of hydrogen-bond donors (Lipinski definition) is 8. The number of carbonyl (C=O) groups excluding carboxylic acids is 1. The minimum atomic E-state index is -1.80. The number of phenolic OH excluding ortho intramolecular Hbond substituents is 4. The zero-order valence-corrected chi connectivity index (χ0v) is 16.5. The maximum absolute atomic E-state index is 12.8. The first-order chi connectivity index (χ1) is 15.1. The molecule has 2 aliphatic heterocycles. The summed E-state index contributed by atoms with van der Waals surface area (Å²) in [6.45, 7) is -0.719. The molecule has 11 heteroatoms. The maximum atomic E-state index is 12.8. The van der Waals surface area contributed by atoms with E-state index in [0.717, 1.165) is 12.1 Å². The number of aryl methyl sites for hydroxylation is 1. The number of aromatic hydroxyl groups is 4. The topological polar surface area (TPSA) is 197 Å². The summed E-state index contributed by atoms with van der Waals surface area (Å²) in [5.41, 5.74) is -0.337. The van der Waals surface area contributed by atoms with Crippen molar-refractivity contribution in [2.45, 2.75) is 43.4 Å². The lowest BCUT2D eigenvalue weighted by molar-refractivity contribution is -0.232. The van der Waals surface area contributed by atoms with Gasteiger partial charge in [0.05, 0.1) is 12.2 Å². The van der Waals surface area contributed by atoms with E-state index in [1.54, 1.807) is 0 Å². The lowest BCUT2D eigenvalue weighted by atomic mass is 9.88. The van der Waals surface area contributed by atoms with Gasteiger partial charge in [-0.05, 0) is 18.1 Å². The highest BCUT2D eigenvalue weighted by Crippen LogP contribution is 2.49. The predicted molar refractivity (Wildman–Crippen MR) is 105 cm³/mol. The Morgan fingerprint density at radius 2 is 1.50 bits per heavy atom. The van der Waals surface area contributed by atoms with Crippen LogP contribution < -0.4 is 4.74 Å². The van der Waals surface area contributed by atoms with Gasteiger partial charge in [-0.2, -0.15) is 0 Å². The number of hydrogen-bond acceptors (Lipinski definition) is 11. The fourth-order valence-electron chi connectivity index (χ4n) is 4.00. The second-order valence-corrected chi connectivity index (χ2v) is 7.75. The number of carbonyl (C=O) groups is 1. The molecule has 4 rings (SSSR count). The van der Waals surface area contributed by atoms with Crippen LogP contribution in [0.4, 0.5) is 0 Å². The number of phenols is 4. The van der Waals surface area contributed by atoms with Gasteiger partial charge < -0.3 is 50.3 Å². The highest BCUT2D eigenvalue weighted by molar-refractivity contribution is 6.02. The minimum Gasteiger partial charge on any atom is -0.507 e. The molecule has 5 unspecified atom stereocenters. The summed E-state index contributed by atoms with van der Waals surface area (Å²) in [6, 6.07) is 3.37. The van der Waals surface area contributed by atoms with Crippen molar-refractivity contribution in [3.8, 4) is 34.5 Å². The van der Waals surface area contributed by atoms with Gasteiger partial charge in [0.2, 0.25) is 0 Å². The normalized spacial score (nSPS) is 27.6. The lowest BCUT2D eigenvalue weighted by Gasteiger charge is -2.40. The molecule has 0 saturated carbocycles. The molecule has 2 aliphatic rings. The molecule has 0 radical (unpaired) electrons. The number of aliphatic hydroxyl groups excluding tert-OH is 4. The fourth-order valence-corrected chi connectivity index (χ4v) is 4.00. The summed E-state index contributed by atoms with van der Waals surface area (Å²) >= 11 is 0. The van der Waals surface area contributed by atoms with Crippen molar-refractivity contribution in [1.29, 1.82) is 0 Å². The molecule has 5 atom stereocenters. The van der Waals surface area contributed by atoms with Gasteiger partial charge in [-0.25, -0.2) is 0 Å². The van der Waals surface area contributed by atoms with Crippen LogP contribution in [0.15, 0.2) is 18.2 Å². The van der Waals surface area contributed by atoms with Crippen LogP contribution in [-0.4, -0.2) is 77.7 Å². The Hall–Kier alpha value is -3.09. The van der Waals surface area contributed by atoms with Crippen molar-refractivity contribution in [2.75, 3.05) is 6.61 Å². The SMILES string of the molecule is O=C1CCc2cc(O)c(O)cc2Oc2cc(O)c(C3OC(CO)C(O)C(O)C3O)c(O)c21. The molecule has 0 aliphatic carbocycles. The van der Waals surface area contributed by atoms with Gasteiger partial charge in [0.15, 0.2) is 17.3 Å². The Kier molecular flexibility index (Phi) is 5.61. The molecule has 11 nitrogen and oxygen atoms in total. The molecule has 0 amide bonds. The van der Waals surface area contributed by atoms with E-state index in [9.17, 15) is 45.6 Å². The second-order valence-electron chi connectivity index (χ2n) is 7.75. The third-order valence-electron chi connectivity index (χ3n) is 5.74. The Labute approximate surface area is 181 Å². The van der Waals surface area contributed by atoms with Crippen LogP contribution in [0.5, 0.6) is 34.5 Å². The second kappa shape index (κ2) is 8.11. The number of rotatable bonds is 2. The van der Waals surface area contributed by atoms with Crippen molar-refractivity contribution in [3.63, 3.8) is 0 Å². The van der Waals surface area contributed by atoms with Crippen molar-refractivity contribution in [3.05, 3.63) is 34.9 Å². The zero-order chi connectivity index (χ0) is 23.3. The molecule has 1 fully saturated rings. The quantitative estimate of drug-likeness (QED) is 0.285. The monoisotopic (exact) mass is 450 g/mol. The molecule has 172 valence electrons. The molecule has 2 heterocycles. The summed E-state index contributed by atoms with van der Waals surface area (Å²) in [5.74, 6) is -3.02. The highest BCUT2D eigenvalue weighted by Gasteiger charge is 2.46. The van der Waals surface area contributed by atoms with Crippen LogP contribution in [0.1, 0.15) is 34.0 Å². The van der Waals surface area contributed by atoms with Crippen LogP contribution in [0.2, 0.25) is 0 Å². The number of Topliss-reactive ketones (excluding diaryl/α,β-unsaturated/α-hetero) is 1. The molecule has 2 aromatic rings. The Morgan fingerprint density at radius 3 is 2.19 bits per heavy atom. The van der Waals surface area contributed by atoms with Crippen molar-refractivity contribution < 1.29 is 55.1 Å². The summed E-state index contributed by atoms with van der Waals surface area (Å²) in [6.07, 6.45) is -8.10. The van der Waals surface area contributed by atoms with Crippen LogP contribution in [0, 0.1) is 0 Å². The third kappa shape index (κ3) is 3.49. The number of ether oxygens (including phenoxy) is 2. The zero-order valence-electron chi connectivity index (χ0n) is 16.5. The first kappa shape index (κ1) is 22.1. The first-order valence-corrected chi connectivity index (χ1v) is 9.79. The average Bonchev–Trinajstić information content (AvgIpc) is 2.74. The minimum absolute atomic E-state index is 0.0911. The van der Waals surface area contributed by atoms with E-state index in [2.05, 4.69) is 0 Å². The molecule has 2 aromatic carbocycles. The van der Waals surface area contributed by atoms with Gasteiger partial charge in [-0.1, -0.05) is 0 Å². The van der Waals surface area contributed by atoms with E-state index in [1.807, 2.05) is 0 Å². The first-order valence-electron chi connectivity index (χ1n) is 9.79. The van der Waals surface area contributed by atoms with Gasteiger partial charge in [-0.15, -0.1) is 0 Å². The number of aliphatic hydroxyl groups is 4. The van der Waals surface area contributed by atoms with E-state index in [0.29, 0.717) is 5.56 Å². The van der Waals surface area contributed by atoms with Gasteiger partial charge in [-0.3, -0.25) is 4.79 Å². The predicted octanol–water partition coefficient (Wildman–Crippen LogP) is -0.0549. The molecule has 1 saturated heterocycles. The van der Waals surface area contributed by atoms with E-state index in [4.69, 9.17) is 9.47 Å². The van der Waals surface area contributed by atoms with Gasteiger partial charge in [0.25, 0.3) is 0 Å². The standard InChI is InChI=1S/C21H22O11/c22-6-14-17(27)19(29)20(30)21(32-14)16-11(26)5-13-15(18(16)28)8(23)2-1-7-3-9(24)10(25)4-12(7)31-13/h3-5,14,17,19-22,24-30H,1-2,6H2. The van der Waals surface area contributed by atoms with Crippen LogP contribution >= 0.6 is 0 Å². The Balaban J connectivity index is 1.82. The molecular formula is C21H22O11. The molecule has 32 heavy (non-hydrogen) atoms. The third-order valence-corrected chi connectivity index (χ3v) is 5.74. The van der Waals surface area contributed by atoms with Crippen LogP contribution in [0.25, 0.3) is 0 Å². The molecule has 0 aromatic heterocycles. The van der Waals surface area contributed by atoms with Gasteiger partial charge in [0, 0.05) is 18.6 Å². The smallest absolute Gasteiger partial charge is 0.170 e. The van der Waals surface area contributed by atoms with E-state index in [1.165, 1.54) is 6.07 Å². The summed E-state index contributed by atoms with van der Waals surface area (Å²) in [5, 5.41) is 80.7. The fraction of sp³-hybridized carbons (Fsp3) is 0.381. The average molecular weight is 450 g/mol. The largest absolute Gasteiger partial charge is 0.507 e. The Bertz CT molecular complexity index is 1060. The number of ketones is 1. The van der Waals surface area contributed by atoms with E-state index in [-0.39, 0.29) is 29.9 Å². The molecule has 8 N–H and O–H groups in total. The van der Waals surface area contributed by atoms with Crippen molar-refractivity contribution >= 4 is 5.78 Å². The van der Waals surface area contributed by atoms with Crippen LogP contribution in [0.3, 0.4) is 0 Å². The summed E-state index contributed by atoms with van der Waals surface area (Å²) in [7, 11) is 0. The highest BCUT2D eigenvalue weighted by atomic mass is 16.5. The van der Waals surface area contributed by atoms with Gasteiger partial charge >= 0.3 is 0 Å². The molecule has 0 spiro atoms. The van der Waals surface area contributed by atoms with Crippen molar-refractivity contribution in [2.24, 2.45) is 0 Å². The van der Waals surface area contributed by atoms with E-state index < -0.39 is 71.5 Å². The maximum Gasteiger partial charge on any atom is 0.170 e. The lowest BCUT2D eigenvalue weighted by Crippen LogP contribution is -2.55. The molecular weight excluding hydrogens is 428 g/mol. The van der Waals surface area contributed by atoms with Crippen molar-refractivity contribution in [1.82, 2.24) is 0 Å². The molecule has 0 bridgehead atoms. The van der Waals surface area contributed by atoms with Crippen LogP contribution in [-0.2, 0) is 11.2 Å². The van der Waals surface area contributed by atoms with E-state index >= 15 is 0 Å². The number of fused-ring (bicyclic) bond motifs is 2. The summed E-state index contributed by atoms with van der Waals surface area (Å²) in [4.78, 5) is 12.8. The Morgan fingerprint density at radius 1 is 0.844 bits per heavy atom. The number of benzene rings is 2.